The van der Waals surface area contributed by atoms with Crippen LogP contribution >= 0.6 is 34.3 Å². The zero-order chi connectivity index (χ0) is 11.4. The summed E-state index contributed by atoms with van der Waals surface area (Å²) in [7, 11) is 0. The molecule has 0 saturated carbocycles. The summed E-state index contributed by atoms with van der Waals surface area (Å²) >= 11 is 9.20. The van der Waals surface area contributed by atoms with E-state index in [0.717, 1.165) is 17.4 Å². The Bertz CT molecular complexity index is 425. The summed E-state index contributed by atoms with van der Waals surface area (Å²) in [6, 6.07) is 4.00. The van der Waals surface area contributed by atoms with E-state index in [2.05, 4.69) is 23.3 Å². The van der Waals surface area contributed by atoms with Crippen molar-refractivity contribution in [3.63, 3.8) is 0 Å². The fraction of sp³-hybridized carbons (Fsp3) is 0.364. The first-order valence-corrected chi connectivity index (χ1v) is 7.17. The summed E-state index contributed by atoms with van der Waals surface area (Å²) < 4.78 is 0.852. The van der Waals surface area contributed by atoms with Gasteiger partial charge < -0.3 is 5.32 Å². The highest BCUT2D eigenvalue weighted by molar-refractivity contribution is 7.16. The summed E-state index contributed by atoms with van der Waals surface area (Å²) in [6.07, 6.45) is 1.86. The van der Waals surface area contributed by atoms with Crippen molar-refractivity contribution in [3.05, 3.63) is 37.9 Å². The number of rotatable bonds is 5. The summed E-state index contributed by atoms with van der Waals surface area (Å²) in [6.45, 7) is 4.02. The van der Waals surface area contributed by atoms with E-state index in [-0.39, 0.29) is 0 Å². The largest absolute Gasteiger partial charge is 0.311 e. The summed E-state index contributed by atoms with van der Waals surface area (Å²) in [4.78, 5) is 5.58. The van der Waals surface area contributed by atoms with Crippen LogP contribution < -0.4 is 5.32 Å². The van der Waals surface area contributed by atoms with Gasteiger partial charge in [-0.05, 0) is 12.1 Å². The van der Waals surface area contributed by atoms with Gasteiger partial charge >= 0.3 is 0 Å². The van der Waals surface area contributed by atoms with Crippen molar-refractivity contribution in [1.82, 2.24) is 10.3 Å². The molecule has 0 spiro atoms. The molecule has 0 radical (unpaired) electrons. The third kappa shape index (κ3) is 3.28. The van der Waals surface area contributed by atoms with E-state index in [9.17, 15) is 0 Å². The first kappa shape index (κ1) is 12.0. The molecular formula is C11H13ClN2S2. The molecule has 0 aliphatic rings. The molecule has 0 fully saturated rings. The Morgan fingerprint density at radius 2 is 2.38 bits per heavy atom. The van der Waals surface area contributed by atoms with Crippen LogP contribution in [0.1, 0.15) is 22.7 Å². The second-order valence-corrected chi connectivity index (χ2v) is 6.33. The number of hydrogen-bond donors (Lipinski definition) is 1. The molecule has 2 nitrogen and oxygen atoms in total. The lowest BCUT2D eigenvalue weighted by atomic mass is 10.2. The van der Waals surface area contributed by atoms with Gasteiger partial charge in [-0.2, -0.15) is 0 Å². The minimum Gasteiger partial charge on any atom is -0.311 e. The molecule has 0 saturated heterocycles. The lowest BCUT2D eigenvalue weighted by Crippen LogP contribution is -2.18. The monoisotopic (exact) mass is 272 g/mol. The molecule has 1 unspecified atom stereocenters. The number of aromatic nitrogens is 1. The van der Waals surface area contributed by atoms with Gasteiger partial charge in [0.1, 0.15) is 0 Å². The summed E-state index contributed by atoms with van der Waals surface area (Å²) in [5, 5.41) is 6.63. The van der Waals surface area contributed by atoms with Crippen LogP contribution in [0.25, 0.3) is 0 Å². The van der Waals surface area contributed by atoms with Crippen LogP contribution in [-0.4, -0.2) is 11.5 Å². The second kappa shape index (κ2) is 5.77. The minimum absolute atomic E-state index is 0.468. The molecule has 1 N–H and O–H groups in total. The summed E-state index contributed by atoms with van der Waals surface area (Å²) in [5.74, 6) is 0.468. The van der Waals surface area contributed by atoms with Crippen LogP contribution in [0.15, 0.2) is 23.7 Å². The molecule has 16 heavy (non-hydrogen) atoms. The van der Waals surface area contributed by atoms with E-state index in [1.54, 1.807) is 22.7 Å². The Morgan fingerprint density at radius 1 is 1.50 bits per heavy atom. The van der Waals surface area contributed by atoms with Crippen LogP contribution in [0.2, 0.25) is 4.34 Å². The van der Waals surface area contributed by atoms with Gasteiger partial charge in [0.25, 0.3) is 0 Å². The van der Waals surface area contributed by atoms with Crippen molar-refractivity contribution in [1.29, 1.82) is 0 Å². The predicted octanol–water partition coefficient (Wildman–Crippen LogP) is 3.75. The Labute approximate surface area is 108 Å². The maximum Gasteiger partial charge on any atom is 0.0965 e. The van der Waals surface area contributed by atoms with Crippen molar-refractivity contribution in [3.8, 4) is 0 Å². The van der Waals surface area contributed by atoms with Crippen molar-refractivity contribution < 1.29 is 0 Å². The Hall–Kier alpha value is -0.420. The quantitative estimate of drug-likeness (QED) is 0.897. The molecule has 0 amide bonds. The molecule has 5 heteroatoms. The molecule has 0 aromatic carbocycles. The van der Waals surface area contributed by atoms with E-state index in [4.69, 9.17) is 11.6 Å². The SMILES string of the molecule is CC(CNCc1ccc(Cl)s1)c1nccs1. The normalized spacial score (nSPS) is 12.9. The number of thiophene rings is 1. The standard InChI is InChI=1S/C11H13ClN2S2/c1-8(11-14-4-5-15-11)6-13-7-9-2-3-10(12)16-9/h2-5,8,13H,6-7H2,1H3. The van der Waals surface area contributed by atoms with Crippen molar-refractivity contribution >= 4 is 34.3 Å². The topological polar surface area (TPSA) is 24.9 Å². The lowest BCUT2D eigenvalue weighted by molar-refractivity contribution is 0.616. The fourth-order valence-corrected chi connectivity index (χ4v) is 3.18. The maximum absolute atomic E-state index is 5.87. The van der Waals surface area contributed by atoms with Gasteiger partial charge in [0.15, 0.2) is 0 Å². The maximum atomic E-state index is 5.87. The Balaban J connectivity index is 1.76. The van der Waals surface area contributed by atoms with E-state index >= 15 is 0 Å². The number of nitrogens with zero attached hydrogens (tertiary/aromatic N) is 1. The van der Waals surface area contributed by atoms with Crippen molar-refractivity contribution in [2.45, 2.75) is 19.4 Å². The first-order valence-electron chi connectivity index (χ1n) is 5.10. The molecule has 86 valence electrons. The third-order valence-electron chi connectivity index (χ3n) is 2.25. The van der Waals surface area contributed by atoms with Gasteiger partial charge in [0, 0.05) is 35.5 Å². The highest BCUT2D eigenvalue weighted by Gasteiger charge is 2.07. The number of halogens is 1. The third-order valence-corrected chi connectivity index (χ3v) is 4.49. The highest BCUT2D eigenvalue weighted by Crippen LogP contribution is 2.21. The van der Waals surface area contributed by atoms with Crippen LogP contribution in [0.5, 0.6) is 0 Å². The van der Waals surface area contributed by atoms with Crippen molar-refractivity contribution in [2.24, 2.45) is 0 Å². The first-order chi connectivity index (χ1) is 7.75. The second-order valence-electron chi connectivity index (χ2n) is 3.61. The molecule has 1 atom stereocenters. The predicted molar refractivity (Wildman–Crippen MR) is 71.6 cm³/mol. The zero-order valence-corrected chi connectivity index (χ0v) is 11.3. The lowest BCUT2D eigenvalue weighted by Gasteiger charge is -2.08. The van der Waals surface area contributed by atoms with Gasteiger partial charge in [-0.15, -0.1) is 22.7 Å². The van der Waals surface area contributed by atoms with E-state index < -0.39 is 0 Å². The average Bonchev–Trinajstić information content (AvgIpc) is 2.89. The van der Waals surface area contributed by atoms with E-state index in [1.807, 2.05) is 17.6 Å². The number of hydrogen-bond acceptors (Lipinski definition) is 4. The van der Waals surface area contributed by atoms with Crippen LogP contribution in [0, 0.1) is 0 Å². The molecule has 0 aliphatic carbocycles. The highest BCUT2D eigenvalue weighted by atomic mass is 35.5. The van der Waals surface area contributed by atoms with Gasteiger partial charge in [0.2, 0.25) is 0 Å². The van der Waals surface area contributed by atoms with Gasteiger partial charge in [-0.1, -0.05) is 18.5 Å². The Morgan fingerprint density at radius 3 is 3.00 bits per heavy atom. The molecular weight excluding hydrogens is 260 g/mol. The van der Waals surface area contributed by atoms with Crippen LogP contribution in [-0.2, 0) is 6.54 Å². The van der Waals surface area contributed by atoms with E-state index in [1.165, 1.54) is 9.88 Å². The van der Waals surface area contributed by atoms with Crippen LogP contribution in [0.3, 0.4) is 0 Å². The zero-order valence-electron chi connectivity index (χ0n) is 8.94. The van der Waals surface area contributed by atoms with Gasteiger partial charge in [0.05, 0.1) is 9.34 Å². The van der Waals surface area contributed by atoms with Crippen molar-refractivity contribution in [2.75, 3.05) is 6.54 Å². The molecule has 0 aliphatic heterocycles. The Kier molecular flexibility index (Phi) is 4.35. The molecule has 2 aromatic heterocycles. The molecule has 2 aromatic rings. The average molecular weight is 273 g/mol. The number of thiazole rings is 1. The number of nitrogens with one attached hydrogen (secondary N) is 1. The van der Waals surface area contributed by atoms with Crippen LogP contribution in [0.4, 0.5) is 0 Å². The van der Waals surface area contributed by atoms with Gasteiger partial charge in [-0.25, -0.2) is 4.98 Å². The molecule has 2 rings (SSSR count). The molecule has 2 heterocycles. The molecule has 0 bridgehead atoms. The summed E-state index contributed by atoms with van der Waals surface area (Å²) in [5.41, 5.74) is 0. The minimum atomic E-state index is 0.468. The van der Waals surface area contributed by atoms with Gasteiger partial charge in [-0.3, -0.25) is 0 Å². The fourth-order valence-electron chi connectivity index (χ4n) is 1.42. The smallest absolute Gasteiger partial charge is 0.0965 e. The van der Waals surface area contributed by atoms with E-state index in [0.29, 0.717) is 5.92 Å².